The number of nitrogens with zero attached hydrogens (tertiary/aromatic N) is 2. The Morgan fingerprint density at radius 1 is 0.957 bits per heavy atom. The smallest absolute Gasteiger partial charge is 0.253 e. The van der Waals surface area contributed by atoms with E-state index >= 15 is 0 Å². The van der Waals surface area contributed by atoms with Crippen LogP contribution in [0.3, 0.4) is 0 Å². The lowest BCUT2D eigenvalue weighted by Crippen LogP contribution is -2.42. The molecular formula is C20H26N2O. The van der Waals surface area contributed by atoms with E-state index in [-0.39, 0.29) is 11.1 Å². The molecule has 3 heteroatoms. The molecule has 0 fully saturated rings. The maximum absolute atomic E-state index is 12.5. The van der Waals surface area contributed by atoms with E-state index in [0.717, 1.165) is 16.6 Å². The molecule has 1 aromatic carbocycles. The van der Waals surface area contributed by atoms with Gasteiger partial charge in [-0.1, -0.05) is 6.08 Å². The van der Waals surface area contributed by atoms with Gasteiger partial charge in [-0.2, -0.15) is 0 Å². The topological polar surface area (TPSA) is 25.2 Å². The Kier molecular flexibility index (Phi) is 3.26. The molecule has 1 aromatic heterocycles. The highest BCUT2D eigenvalue weighted by Gasteiger charge is 2.31. The third kappa shape index (κ3) is 1.99. The Morgan fingerprint density at radius 3 is 2.17 bits per heavy atom. The van der Waals surface area contributed by atoms with Crippen molar-refractivity contribution in [1.29, 1.82) is 0 Å². The maximum Gasteiger partial charge on any atom is 0.253 e. The molecule has 0 N–H and O–H groups in total. The molecule has 2 aromatic rings. The van der Waals surface area contributed by atoms with E-state index in [0.29, 0.717) is 0 Å². The van der Waals surface area contributed by atoms with Crippen LogP contribution in [0.5, 0.6) is 0 Å². The van der Waals surface area contributed by atoms with E-state index in [9.17, 15) is 4.79 Å². The maximum atomic E-state index is 12.5. The van der Waals surface area contributed by atoms with E-state index < -0.39 is 0 Å². The fraction of sp³-hybridized carbons (Fsp3) is 0.450. The van der Waals surface area contributed by atoms with Crippen LogP contribution >= 0.6 is 0 Å². The summed E-state index contributed by atoms with van der Waals surface area (Å²) in [5.74, 6) is 0. The van der Waals surface area contributed by atoms with Crippen LogP contribution in [0, 0.1) is 20.8 Å². The van der Waals surface area contributed by atoms with Crippen LogP contribution in [0.15, 0.2) is 16.9 Å². The summed E-state index contributed by atoms with van der Waals surface area (Å²) in [6.07, 6.45) is 2.32. The summed E-state index contributed by atoms with van der Waals surface area (Å²) in [6, 6.07) is 2.26. The minimum Gasteiger partial charge on any atom is -0.365 e. The first-order chi connectivity index (χ1) is 10.6. The molecule has 0 amide bonds. The van der Waals surface area contributed by atoms with Crippen molar-refractivity contribution in [3.05, 3.63) is 44.7 Å². The van der Waals surface area contributed by atoms with Crippen molar-refractivity contribution in [3.63, 3.8) is 0 Å². The highest BCUT2D eigenvalue weighted by molar-refractivity contribution is 5.97. The van der Waals surface area contributed by atoms with Gasteiger partial charge in [0.1, 0.15) is 0 Å². The van der Waals surface area contributed by atoms with Gasteiger partial charge in [-0.25, -0.2) is 0 Å². The highest BCUT2D eigenvalue weighted by atomic mass is 16.1. The van der Waals surface area contributed by atoms with Gasteiger partial charge in [0.15, 0.2) is 0 Å². The van der Waals surface area contributed by atoms with Gasteiger partial charge in [0, 0.05) is 36.3 Å². The molecule has 2 heterocycles. The van der Waals surface area contributed by atoms with E-state index in [4.69, 9.17) is 0 Å². The predicted octanol–water partition coefficient (Wildman–Crippen LogP) is 4.10. The number of hydrogen-bond donors (Lipinski definition) is 0. The van der Waals surface area contributed by atoms with E-state index in [1.54, 1.807) is 0 Å². The van der Waals surface area contributed by atoms with Gasteiger partial charge in [-0.3, -0.25) is 4.79 Å². The van der Waals surface area contributed by atoms with Gasteiger partial charge in [-0.15, -0.1) is 0 Å². The number of aryl methyl sites for hydroxylation is 3. The number of anilines is 1. The molecule has 0 spiro atoms. The molecule has 3 nitrogen and oxygen atoms in total. The molecule has 122 valence electrons. The first-order valence-electron chi connectivity index (χ1n) is 8.15. The van der Waals surface area contributed by atoms with Crippen LogP contribution in [-0.2, 0) is 7.05 Å². The van der Waals surface area contributed by atoms with E-state index in [1.165, 1.54) is 27.8 Å². The normalized spacial score (nSPS) is 16.5. The summed E-state index contributed by atoms with van der Waals surface area (Å²) in [4.78, 5) is 14.9. The fourth-order valence-electron chi connectivity index (χ4n) is 3.96. The second-order valence-corrected chi connectivity index (χ2v) is 7.45. The largest absolute Gasteiger partial charge is 0.365 e. The Morgan fingerprint density at radius 2 is 1.57 bits per heavy atom. The Labute approximate surface area is 138 Å². The van der Waals surface area contributed by atoms with Crippen molar-refractivity contribution in [1.82, 2.24) is 4.57 Å². The van der Waals surface area contributed by atoms with Crippen molar-refractivity contribution in [2.24, 2.45) is 7.05 Å². The predicted molar refractivity (Wildman–Crippen MR) is 99.5 cm³/mol. The second-order valence-electron chi connectivity index (χ2n) is 7.45. The summed E-state index contributed by atoms with van der Waals surface area (Å²) in [5.41, 5.74) is 8.05. The van der Waals surface area contributed by atoms with Crippen LogP contribution in [-0.4, -0.2) is 17.2 Å². The molecule has 1 aliphatic heterocycles. The highest BCUT2D eigenvalue weighted by Crippen LogP contribution is 2.43. The zero-order valence-electron chi connectivity index (χ0n) is 15.5. The van der Waals surface area contributed by atoms with Gasteiger partial charge in [-0.05, 0) is 64.3 Å². The standard InChI is InChI=1S/C20H26N2O/c1-11-10-20(5,6)22(8)18-14(4)17-16(9-15(11)18)12(2)13(3)19(23)21(17)7/h9-10H,1-8H3. The molecule has 0 saturated heterocycles. The summed E-state index contributed by atoms with van der Waals surface area (Å²) in [6.45, 7) is 12.7. The first-order valence-corrected chi connectivity index (χ1v) is 8.15. The molecule has 3 rings (SSSR count). The number of likely N-dealkylation sites (N-methyl/N-ethyl adjacent to an activating group) is 1. The van der Waals surface area contributed by atoms with Crippen molar-refractivity contribution in [2.45, 2.75) is 47.1 Å². The molecule has 23 heavy (non-hydrogen) atoms. The van der Waals surface area contributed by atoms with E-state index in [2.05, 4.69) is 58.7 Å². The minimum absolute atomic E-state index is 0.0336. The summed E-state index contributed by atoms with van der Waals surface area (Å²) >= 11 is 0. The summed E-state index contributed by atoms with van der Waals surface area (Å²) in [5, 5.41) is 1.18. The van der Waals surface area contributed by atoms with Crippen molar-refractivity contribution in [2.75, 3.05) is 11.9 Å². The average Bonchev–Trinajstić information content (AvgIpc) is 2.47. The zero-order valence-corrected chi connectivity index (χ0v) is 15.5. The zero-order chi connectivity index (χ0) is 17.3. The quantitative estimate of drug-likeness (QED) is 0.732. The number of hydrogen-bond acceptors (Lipinski definition) is 2. The van der Waals surface area contributed by atoms with Crippen molar-refractivity contribution >= 4 is 22.2 Å². The first kappa shape index (κ1) is 15.9. The fourth-order valence-corrected chi connectivity index (χ4v) is 3.96. The van der Waals surface area contributed by atoms with Gasteiger partial charge < -0.3 is 9.47 Å². The lowest BCUT2D eigenvalue weighted by molar-refractivity contribution is 0.596. The van der Waals surface area contributed by atoms with Gasteiger partial charge >= 0.3 is 0 Å². The molecule has 0 unspecified atom stereocenters. The van der Waals surface area contributed by atoms with Crippen LogP contribution in [0.1, 0.15) is 43.0 Å². The molecule has 0 radical (unpaired) electrons. The van der Waals surface area contributed by atoms with Crippen LogP contribution in [0.2, 0.25) is 0 Å². The molecule has 0 bridgehead atoms. The average molecular weight is 310 g/mol. The van der Waals surface area contributed by atoms with Crippen molar-refractivity contribution in [3.8, 4) is 0 Å². The lowest BCUT2D eigenvalue weighted by Gasteiger charge is -2.42. The van der Waals surface area contributed by atoms with E-state index in [1.807, 2.05) is 18.5 Å². The van der Waals surface area contributed by atoms with Gasteiger partial charge in [0.05, 0.1) is 11.1 Å². The number of fused-ring (bicyclic) bond motifs is 2. The summed E-state index contributed by atoms with van der Waals surface area (Å²) in [7, 11) is 4.02. The monoisotopic (exact) mass is 310 g/mol. The second kappa shape index (κ2) is 4.73. The number of rotatable bonds is 0. The van der Waals surface area contributed by atoms with Crippen molar-refractivity contribution < 1.29 is 0 Å². The van der Waals surface area contributed by atoms with Gasteiger partial charge in [0.25, 0.3) is 5.56 Å². The lowest BCUT2D eigenvalue weighted by atomic mass is 9.86. The number of benzene rings is 1. The molecule has 0 aliphatic carbocycles. The summed E-state index contributed by atoms with van der Waals surface area (Å²) < 4.78 is 1.81. The van der Waals surface area contributed by atoms with Gasteiger partial charge in [0.2, 0.25) is 0 Å². The number of allylic oxidation sites excluding steroid dienone is 1. The number of aromatic nitrogens is 1. The van der Waals surface area contributed by atoms with Crippen LogP contribution in [0.25, 0.3) is 16.5 Å². The molecular weight excluding hydrogens is 284 g/mol. The van der Waals surface area contributed by atoms with Crippen LogP contribution in [0.4, 0.5) is 5.69 Å². The Bertz CT molecular complexity index is 929. The minimum atomic E-state index is -0.0336. The third-order valence-corrected chi connectivity index (χ3v) is 5.63. The molecule has 0 saturated carbocycles. The Balaban J connectivity index is 2.56. The SMILES string of the molecule is CC1=CC(C)(C)N(C)c2c1cc1c(C)c(C)c(=O)n(C)c1c2C. The molecule has 1 aliphatic rings. The van der Waals surface area contributed by atoms with Crippen LogP contribution < -0.4 is 10.5 Å². The number of pyridine rings is 1. The third-order valence-electron chi connectivity index (χ3n) is 5.63. The molecule has 0 atom stereocenters. The Hall–Kier alpha value is -2.03.